The lowest BCUT2D eigenvalue weighted by Crippen LogP contribution is -2.22. The number of amides is 1. The average molecular weight is 1770 g/mol. The molecule has 7 aromatic carbocycles. The Balaban J connectivity index is 0.000000127. The molecule has 4 aliphatic heterocycles. The molecular formula is C105H98BrN13O9. The molecule has 0 spiro atoms. The molecule has 15 aromatic rings. The number of ether oxygens (including phenoxy) is 5. The molecule has 0 radical (unpaired) electrons. The number of nitrogens with zero attached hydrogens (tertiary/aromatic N) is 6. The monoisotopic (exact) mass is 1760 g/mol. The summed E-state index contributed by atoms with van der Waals surface area (Å²) in [5, 5.41) is 31.5. The van der Waals surface area contributed by atoms with E-state index in [4.69, 9.17) is 33.7 Å². The zero-order valence-corrected chi connectivity index (χ0v) is 75.1. The zero-order valence-electron chi connectivity index (χ0n) is 73.5. The van der Waals surface area contributed by atoms with Gasteiger partial charge in [0.05, 0.1) is 104 Å². The number of benzene rings is 7. The Morgan fingerprint density at radius 1 is 0.469 bits per heavy atom. The van der Waals surface area contributed by atoms with E-state index >= 15 is 0 Å². The van der Waals surface area contributed by atoms with Crippen LogP contribution in [0, 0.1) is 55.4 Å². The molecule has 0 atom stereocenters. The van der Waals surface area contributed by atoms with Crippen LogP contribution in [0.15, 0.2) is 272 Å². The number of H-pyrrole nitrogens is 6. The van der Waals surface area contributed by atoms with Crippen molar-refractivity contribution in [1.29, 1.82) is 0 Å². The Hall–Kier alpha value is -15.4. The molecule has 1 amide bonds. The van der Waals surface area contributed by atoms with E-state index in [-0.39, 0.29) is 35.6 Å². The summed E-state index contributed by atoms with van der Waals surface area (Å²) in [6, 6.07) is 67.0. The highest BCUT2D eigenvalue weighted by atomic mass is 79.9. The number of hydrogen-bond acceptors (Lipinski definition) is 13. The molecule has 0 aliphatic carbocycles. The number of methoxy groups -OCH3 is 2. The van der Waals surface area contributed by atoms with E-state index in [9.17, 15) is 19.8 Å². The molecule has 9 N–H and O–H groups in total. The van der Waals surface area contributed by atoms with E-state index in [1.165, 1.54) is 11.1 Å². The van der Waals surface area contributed by atoms with Crippen molar-refractivity contribution in [2.45, 2.75) is 102 Å². The van der Waals surface area contributed by atoms with Gasteiger partial charge in [-0.05, 0) is 269 Å². The minimum Gasteiger partial charge on any atom is -0.508 e. The number of nitrogens with one attached hydrogen (secondary N) is 7. The van der Waals surface area contributed by atoms with Crippen LogP contribution in [0.1, 0.15) is 123 Å². The van der Waals surface area contributed by atoms with Crippen LogP contribution in [0.3, 0.4) is 0 Å². The molecule has 12 heterocycles. The second-order valence-corrected chi connectivity index (χ2v) is 33.3. The van der Waals surface area contributed by atoms with Gasteiger partial charge in [0, 0.05) is 113 Å². The summed E-state index contributed by atoms with van der Waals surface area (Å²) in [6.07, 6.45) is 15.9. The van der Waals surface area contributed by atoms with Crippen LogP contribution in [0.4, 0.5) is 10.5 Å². The number of halogens is 1. The van der Waals surface area contributed by atoms with Gasteiger partial charge in [-0.15, -0.1) is 0 Å². The fraction of sp³-hybridized carbons (Fsp3) is 0.162. The van der Waals surface area contributed by atoms with Crippen molar-refractivity contribution in [3.05, 3.63) is 385 Å². The standard InChI is InChI=1S/C34H30N4O3.C27H22BrN3O2.2C22H23N3O2/c1-22-17-23(2)35-28(22)19-30-33(40-3)20-29(37-30)32-18-25-11-7-8-12-31(25)38(32)34(39)36-26-13-15-27(16-14-26)41-21-24-9-5-4-6-10-24;1-16-12-17(2)29-21(16)14-23-26(33-3)15-22(30-23)25-13-19-6-4-5-7-24(19)31(25)27(32)18-8-10-20(28)11-9-18;1-12(2)27-22-11-20(19-8-15-5-6-16(26)9-18(15)24-19)25-21(22)10-17-13(3)7-14(4)23-17;1-12(2)27-22-11-19(18-9-15-16(24-18)6-5-7-21(15)26)25-20(22)10-17-13(3)8-14(4)23-17/h4-20,35H,21H2,1-3H3,(H,36,39);4-15,29H,1-3H3;2*5-12,23,25-26H,1-4H3/b30-19-;23-14+;20-19?,21-10-;19-18?,20-10-. The maximum atomic E-state index is 13.7. The summed E-state index contributed by atoms with van der Waals surface area (Å²) >= 11 is 3.44. The number of carbonyl (C=O) groups excluding carboxylic acids is 2. The van der Waals surface area contributed by atoms with Crippen LogP contribution < -0.4 is 62.1 Å². The number of aryl methyl sites for hydroxylation is 8. The Morgan fingerprint density at radius 2 is 0.945 bits per heavy atom. The third kappa shape index (κ3) is 19.3. The molecule has 0 bridgehead atoms. The SMILES string of the molecule is COC1=CC(c2cc3ccccc3n2C(=O)Nc2ccc(OCc3ccccc3)cc2)=N/C1=C\c1[nH]c(C)cc1C.COC1=CC(c2cc3ccccc3n2C(=O)c2ccc(Br)cc2)=N/C1=C/c1[nH]c(C)cc1C.Cc1cc(C)c(/C=c2\[nH]c(=C3C=c4c(O)cccc4=N3)cc2OC(C)C)[nH]1.Cc1cc(C)c(/C=c2\[nH]c(=C3C=c4ccc(O)cc4=N3)cc2OC(C)C)[nH]1. The van der Waals surface area contributed by atoms with Crippen molar-refractivity contribution in [3.63, 3.8) is 0 Å². The number of anilines is 1. The van der Waals surface area contributed by atoms with E-state index in [1.807, 2.05) is 256 Å². The first kappa shape index (κ1) is 86.2. The van der Waals surface area contributed by atoms with Gasteiger partial charge in [-0.2, -0.15) is 0 Å². The summed E-state index contributed by atoms with van der Waals surface area (Å²) < 4.78 is 33.5. The van der Waals surface area contributed by atoms with Gasteiger partial charge in [-0.25, -0.2) is 24.8 Å². The molecule has 23 heteroatoms. The van der Waals surface area contributed by atoms with Gasteiger partial charge < -0.3 is 69.1 Å². The van der Waals surface area contributed by atoms with Crippen molar-refractivity contribution < 1.29 is 43.5 Å². The lowest BCUT2D eigenvalue weighted by atomic mass is 10.2. The summed E-state index contributed by atoms with van der Waals surface area (Å²) in [4.78, 5) is 66.7. The number of phenols is 2. The second kappa shape index (κ2) is 37.2. The Bertz CT molecular complexity index is 7610. The topological polar surface area (TPSA) is 287 Å². The van der Waals surface area contributed by atoms with Crippen LogP contribution in [0.25, 0.3) is 69.7 Å². The normalized spacial score (nSPS) is 14.8. The Labute approximate surface area is 747 Å². The molecule has 128 heavy (non-hydrogen) atoms. The number of aliphatic imine (C=N–C) groups is 2. The number of fused-ring (bicyclic) bond motifs is 4. The van der Waals surface area contributed by atoms with Crippen molar-refractivity contribution >= 4 is 115 Å². The van der Waals surface area contributed by atoms with Crippen LogP contribution in [-0.2, 0) is 16.1 Å². The number of aromatic nitrogens is 8. The molecule has 22 nitrogen and oxygen atoms in total. The van der Waals surface area contributed by atoms with Crippen LogP contribution >= 0.6 is 15.9 Å². The predicted octanol–water partition coefficient (Wildman–Crippen LogP) is 17.0. The molecule has 0 saturated carbocycles. The number of aromatic amines is 6. The minimum atomic E-state index is -0.289. The Kier molecular flexibility index (Phi) is 25.1. The van der Waals surface area contributed by atoms with E-state index in [1.54, 1.807) is 47.6 Å². The fourth-order valence-corrected chi connectivity index (χ4v) is 16.0. The lowest BCUT2D eigenvalue weighted by molar-refractivity contribution is 0.0964. The summed E-state index contributed by atoms with van der Waals surface area (Å²) in [5.74, 6) is 3.93. The first-order chi connectivity index (χ1) is 61.7. The number of para-hydroxylation sites is 2. The molecule has 0 saturated heterocycles. The van der Waals surface area contributed by atoms with E-state index in [0.29, 0.717) is 57.9 Å². The van der Waals surface area contributed by atoms with Gasteiger partial charge in [0.15, 0.2) is 0 Å². The van der Waals surface area contributed by atoms with Gasteiger partial charge in [0.25, 0.3) is 5.91 Å². The van der Waals surface area contributed by atoms with E-state index in [0.717, 1.165) is 165 Å². The molecule has 0 fully saturated rings. The minimum absolute atomic E-state index is 0.0583. The first-order valence-electron chi connectivity index (χ1n) is 42.1. The number of rotatable bonds is 17. The third-order valence-corrected chi connectivity index (χ3v) is 22.2. The van der Waals surface area contributed by atoms with Gasteiger partial charge >= 0.3 is 6.03 Å². The van der Waals surface area contributed by atoms with Crippen molar-refractivity contribution in [3.8, 4) is 28.7 Å². The van der Waals surface area contributed by atoms with E-state index < -0.39 is 0 Å². The largest absolute Gasteiger partial charge is 0.508 e. The van der Waals surface area contributed by atoms with Gasteiger partial charge in [-0.3, -0.25) is 13.9 Å². The van der Waals surface area contributed by atoms with Crippen molar-refractivity contribution in [1.82, 2.24) is 39.0 Å². The lowest BCUT2D eigenvalue weighted by Gasteiger charge is -2.12. The van der Waals surface area contributed by atoms with Crippen LogP contribution in [0.5, 0.6) is 28.7 Å². The van der Waals surface area contributed by atoms with Crippen LogP contribution in [0.2, 0.25) is 0 Å². The highest BCUT2D eigenvalue weighted by molar-refractivity contribution is 9.10. The van der Waals surface area contributed by atoms with Crippen molar-refractivity contribution in [2.24, 2.45) is 20.0 Å². The predicted molar refractivity (Wildman–Crippen MR) is 512 cm³/mol. The van der Waals surface area contributed by atoms with Crippen LogP contribution in [-0.4, -0.2) is 99.0 Å². The number of phenolic OH excluding ortho intramolecular Hbond substituents is 2. The molecule has 8 aromatic heterocycles. The summed E-state index contributed by atoms with van der Waals surface area (Å²) in [6.45, 7) is 24.9. The smallest absolute Gasteiger partial charge is 0.331 e. The maximum absolute atomic E-state index is 13.7. The fourth-order valence-electron chi connectivity index (χ4n) is 15.7. The molecule has 4 aliphatic rings. The number of allylic oxidation sites excluding steroid dienone is 2. The third-order valence-electron chi connectivity index (χ3n) is 21.7. The molecule has 19 rings (SSSR count). The van der Waals surface area contributed by atoms with E-state index in [2.05, 4.69) is 125 Å². The Morgan fingerprint density at radius 3 is 1.44 bits per heavy atom. The molecule has 644 valence electrons. The quantitative estimate of drug-likeness (QED) is 0.0418. The van der Waals surface area contributed by atoms with Crippen molar-refractivity contribution in [2.75, 3.05) is 19.5 Å². The maximum Gasteiger partial charge on any atom is 0.331 e. The van der Waals surface area contributed by atoms with Gasteiger partial charge in [0.2, 0.25) is 0 Å². The summed E-state index contributed by atoms with van der Waals surface area (Å²) in [5.41, 5.74) is 22.8. The first-order valence-corrected chi connectivity index (χ1v) is 42.9. The van der Waals surface area contributed by atoms with Gasteiger partial charge in [-0.1, -0.05) is 88.7 Å². The average Bonchev–Trinajstić information content (AvgIpc) is 1.61. The molecule has 0 unspecified atom stereocenters. The zero-order chi connectivity index (χ0) is 89.7. The number of carbonyl (C=O) groups is 2. The number of aromatic hydroxyl groups is 2. The second-order valence-electron chi connectivity index (χ2n) is 32.3. The highest BCUT2D eigenvalue weighted by Crippen LogP contribution is 2.33. The summed E-state index contributed by atoms with van der Waals surface area (Å²) in [7, 11) is 3.26. The number of hydrogen-bond donors (Lipinski definition) is 9. The van der Waals surface area contributed by atoms with Gasteiger partial charge in [0.1, 0.15) is 58.3 Å². The molecular weight excluding hydrogens is 1670 g/mol. The highest BCUT2D eigenvalue weighted by Gasteiger charge is 2.27.